The predicted molar refractivity (Wildman–Crippen MR) is 62.8 cm³/mol. The van der Waals surface area contributed by atoms with E-state index in [0.717, 1.165) is 17.3 Å². The van der Waals surface area contributed by atoms with Crippen LogP contribution in [0.15, 0.2) is 18.3 Å². The van der Waals surface area contributed by atoms with Crippen LogP contribution in [0.25, 0.3) is 0 Å². The average molecular weight is 205 g/mol. The van der Waals surface area contributed by atoms with Gasteiger partial charge in [0, 0.05) is 29.7 Å². The van der Waals surface area contributed by atoms with Crippen LogP contribution in [0.1, 0.15) is 25.5 Å². The van der Waals surface area contributed by atoms with Crippen LogP contribution in [-0.2, 0) is 0 Å². The van der Waals surface area contributed by atoms with E-state index in [4.69, 9.17) is 5.73 Å². The summed E-state index contributed by atoms with van der Waals surface area (Å²) in [6, 6.07) is 4.07. The molecule has 2 rings (SSSR count). The van der Waals surface area contributed by atoms with Crippen molar-refractivity contribution in [2.75, 3.05) is 11.9 Å². The molecule has 82 valence electrons. The third-order valence-corrected chi connectivity index (χ3v) is 3.23. The van der Waals surface area contributed by atoms with Gasteiger partial charge in [0.2, 0.25) is 0 Å². The van der Waals surface area contributed by atoms with Crippen LogP contribution < -0.4 is 11.1 Å². The fraction of sp³-hybridized carbons (Fsp3) is 0.583. The summed E-state index contributed by atoms with van der Waals surface area (Å²) >= 11 is 0. The van der Waals surface area contributed by atoms with Gasteiger partial charge >= 0.3 is 0 Å². The predicted octanol–water partition coefficient (Wildman–Crippen LogP) is 1.93. The van der Waals surface area contributed by atoms with E-state index in [2.05, 4.69) is 23.3 Å². The zero-order valence-electron chi connectivity index (χ0n) is 9.46. The highest BCUT2D eigenvalue weighted by atomic mass is 15.0. The topological polar surface area (TPSA) is 50.9 Å². The molecular weight excluding hydrogens is 186 g/mol. The highest BCUT2D eigenvalue weighted by Gasteiger charge is 2.40. The van der Waals surface area contributed by atoms with Gasteiger partial charge in [0.05, 0.1) is 0 Å². The lowest BCUT2D eigenvalue weighted by Crippen LogP contribution is -2.44. The Kier molecular flexibility index (Phi) is 2.65. The van der Waals surface area contributed by atoms with Gasteiger partial charge in [-0.2, -0.15) is 0 Å². The number of nitrogens with one attached hydrogen (secondary N) is 1. The lowest BCUT2D eigenvalue weighted by molar-refractivity contribution is 0.459. The molecule has 15 heavy (non-hydrogen) atoms. The normalized spacial score (nSPS) is 19.7. The molecule has 0 saturated heterocycles. The second-order valence-electron chi connectivity index (χ2n) is 4.71. The van der Waals surface area contributed by atoms with Crippen LogP contribution in [0.2, 0.25) is 0 Å². The first-order valence-corrected chi connectivity index (χ1v) is 5.55. The van der Waals surface area contributed by atoms with E-state index in [1.165, 1.54) is 12.8 Å². The Bertz CT molecular complexity index is 346. The number of nitrogens with two attached hydrogens (primary N) is 1. The van der Waals surface area contributed by atoms with Gasteiger partial charge in [0.1, 0.15) is 0 Å². The van der Waals surface area contributed by atoms with Crippen molar-refractivity contribution >= 4 is 5.69 Å². The third kappa shape index (κ3) is 2.29. The summed E-state index contributed by atoms with van der Waals surface area (Å²) in [5, 5.41) is 3.54. The van der Waals surface area contributed by atoms with Crippen molar-refractivity contribution in [3.63, 3.8) is 0 Å². The molecular formula is C12H19N3. The third-order valence-electron chi connectivity index (χ3n) is 3.23. The summed E-state index contributed by atoms with van der Waals surface area (Å²) in [6.45, 7) is 4.89. The average Bonchev–Trinajstić information content (AvgIpc) is 3.01. The number of hydrogen-bond acceptors (Lipinski definition) is 3. The Morgan fingerprint density at radius 3 is 2.87 bits per heavy atom. The molecule has 1 aromatic heterocycles. The lowest BCUT2D eigenvalue weighted by Gasteiger charge is -2.30. The SMILES string of the molecule is Cc1cc(NC(C)(CN)C2CC2)ccn1. The molecule has 1 atom stereocenters. The van der Waals surface area contributed by atoms with Gasteiger partial charge in [0.25, 0.3) is 0 Å². The quantitative estimate of drug-likeness (QED) is 0.789. The van der Waals surface area contributed by atoms with Crippen molar-refractivity contribution in [2.24, 2.45) is 11.7 Å². The molecule has 1 saturated carbocycles. The van der Waals surface area contributed by atoms with E-state index in [-0.39, 0.29) is 5.54 Å². The molecule has 0 radical (unpaired) electrons. The van der Waals surface area contributed by atoms with E-state index in [1.807, 2.05) is 19.2 Å². The Labute approximate surface area is 91.1 Å². The van der Waals surface area contributed by atoms with Gasteiger partial charge in [0.15, 0.2) is 0 Å². The number of pyridine rings is 1. The molecule has 0 spiro atoms. The van der Waals surface area contributed by atoms with Crippen molar-refractivity contribution in [3.8, 4) is 0 Å². The molecule has 3 nitrogen and oxygen atoms in total. The minimum absolute atomic E-state index is 0.0494. The maximum Gasteiger partial charge on any atom is 0.0495 e. The Morgan fingerprint density at radius 1 is 1.60 bits per heavy atom. The summed E-state index contributed by atoms with van der Waals surface area (Å²) in [5.41, 5.74) is 8.07. The lowest BCUT2D eigenvalue weighted by atomic mass is 9.95. The number of nitrogens with zero attached hydrogens (tertiary/aromatic N) is 1. The van der Waals surface area contributed by atoms with Crippen LogP contribution in [0, 0.1) is 12.8 Å². The van der Waals surface area contributed by atoms with Gasteiger partial charge in [-0.3, -0.25) is 4.98 Å². The first-order valence-electron chi connectivity index (χ1n) is 5.55. The molecule has 1 fully saturated rings. The molecule has 1 unspecified atom stereocenters. The van der Waals surface area contributed by atoms with E-state index in [1.54, 1.807) is 0 Å². The fourth-order valence-corrected chi connectivity index (χ4v) is 1.99. The maximum atomic E-state index is 5.86. The first kappa shape index (κ1) is 10.4. The van der Waals surface area contributed by atoms with Crippen molar-refractivity contribution in [2.45, 2.75) is 32.2 Å². The standard InChI is InChI=1S/C12H19N3/c1-9-7-11(5-6-14-9)15-12(2,8-13)10-3-4-10/h5-7,10H,3-4,8,13H2,1-2H3,(H,14,15). The number of aromatic nitrogens is 1. The van der Waals surface area contributed by atoms with Gasteiger partial charge in [-0.1, -0.05) is 0 Å². The molecule has 0 amide bonds. The molecule has 3 heteroatoms. The molecule has 0 aliphatic heterocycles. The largest absolute Gasteiger partial charge is 0.378 e. The first-order chi connectivity index (χ1) is 7.14. The maximum absolute atomic E-state index is 5.86. The monoisotopic (exact) mass is 205 g/mol. The van der Waals surface area contributed by atoms with Crippen LogP contribution in [0.3, 0.4) is 0 Å². The minimum atomic E-state index is 0.0494. The Balaban J connectivity index is 2.12. The van der Waals surface area contributed by atoms with Crippen molar-refractivity contribution in [1.82, 2.24) is 4.98 Å². The van der Waals surface area contributed by atoms with Crippen molar-refractivity contribution in [3.05, 3.63) is 24.0 Å². The summed E-state index contributed by atoms with van der Waals surface area (Å²) in [4.78, 5) is 4.18. The molecule has 1 heterocycles. The summed E-state index contributed by atoms with van der Waals surface area (Å²) < 4.78 is 0. The van der Waals surface area contributed by atoms with E-state index in [0.29, 0.717) is 6.54 Å². The zero-order chi connectivity index (χ0) is 10.9. The number of hydrogen-bond donors (Lipinski definition) is 2. The van der Waals surface area contributed by atoms with Gasteiger partial charge in [-0.25, -0.2) is 0 Å². The van der Waals surface area contributed by atoms with Gasteiger partial charge < -0.3 is 11.1 Å². The van der Waals surface area contributed by atoms with Gasteiger partial charge in [-0.05, 0) is 44.7 Å². The number of aryl methyl sites for hydroxylation is 1. The highest BCUT2D eigenvalue weighted by Crippen LogP contribution is 2.40. The molecule has 0 bridgehead atoms. The molecule has 1 aromatic rings. The molecule has 1 aliphatic rings. The minimum Gasteiger partial charge on any atom is -0.378 e. The second kappa shape index (κ2) is 3.81. The summed E-state index contributed by atoms with van der Waals surface area (Å²) in [5.74, 6) is 0.732. The number of anilines is 1. The zero-order valence-corrected chi connectivity index (χ0v) is 9.46. The van der Waals surface area contributed by atoms with Crippen LogP contribution >= 0.6 is 0 Å². The molecule has 1 aliphatic carbocycles. The highest BCUT2D eigenvalue weighted by molar-refractivity contribution is 5.46. The number of rotatable bonds is 4. The van der Waals surface area contributed by atoms with Crippen molar-refractivity contribution in [1.29, 1.82) is 0 Å². The second-order valence-corrected chi connectivity index (χ2v) is 4.71. The smallest absolute Gasteiger partial charge is 0.0495 e. The molecule has 3 N–H and O–H groups in total. The van der Waals surface area contributed by atoms with Gasteiger partial charge in [-0.15, -0.1) is 0 Å². The van der Waals surface area contributed by atoms with E-state index >= 15 is 0 Å². The van der Waals surface area contributed by atoms with Crippen LogP contribution in [0.5, 0.6) is 0 Å². The summed E-state index contributed by atoms with van der Waals surface area (Å²) in [6.07, 6.45) is 4.43. The molecule has 0 aromatic carbocycles. The van der Waals surface area contributed by atoms with Crippen LogP contribution in [-0.4, -0.2) is 17.1 Å². The fourth-order valence-electron chi connectivity index (χ4n) is 1.99. The van der Waals surface area contributed by atoms with E-state index in [9.17, 15) is 0 Å². The summed E-state index contributed by atoms with van der Waals surface area (Å²) in [7, 11) is 0. The van der Waals surface area contributed by atoms with E-state index < -0.39 is 0 Å². The van der Waals surface area contributed by atoms with Crippen molar-refractivity contribution < 1.29 is 0 Å². The van der Waals surface area contributed by atoms with Crippen LogP contribution in [0.4, 0.5) is 5.69 Å². The Morgan fingerprint density at radius 2 is 2.33 bits per heavy atom. The Hall–Kier alpha value is -1.09.